The molecule has 2 aromatic rings. The minimum atomic E-state index is -0.486. The van der Waals surface area contributed by atoms with Crippen LogP contribution in [0.1, 0.15) is 28.4 Å². The van der Waals surface area contributed by atoms with Crippen LogP contribution < -0.4 is 4.74 Å². The Kier molecular flexibility index (Phi) is 4.55. The lowest BCUT2D eigenvalue weighted by molar-refractivity contribution is 0.103. The van der Waals surface area contributed by atoms with Crippen LogP contribution in [0.25, 0.3) is 0 Å². The first-order valence-electron chi connectivity index (χ1n) is 6.26. The molecule has 0 aliphatic rings. The fourth-order valence-electron chi connectivity index (χ4n) is 1.93. The van der Waals surface area contributed by atoms with E-state index >= 15 is 0 Å². The van der Waals surface area contributed by atoms with Gasteiger partial charge in [0.05, 0.1) is 17.7 Å². The number of carbonyl (C=O) groups excluding carboxylic acids is 1. The largest absolute Gasteiger partial charge is 0.493 e. The molecule has 0 heterocycles. The minimum absolute atomic E-state index is 0.0593. The summed E-state index contributed by atoms with van der Waals surface area (Å²) in [4.78, 5) is 12.5. The Morgan fingerprint density at radius 3 is 2.70 bits per heavy atom. The summed E-state index contributed by atoms with van der Waals surface area (Å²) in [7, 11) is 0. The van der Waals surface area contributed by atoms with Crippen molar-refractivity contribution >= 4 is 21.7 Å². The molecule has 2 nitrogen and oxygen atoms in total. The van der Waals surface area contributed by atoms with Gasteiger partial charge in [-0.1, -0.05) is 28.1 Å². The summed E-state index contributed by atoms with van der Waals surface area (Å²) >= 11 is 3.32. The van der Waals surface area contributed by atoms with Crippen molar-refractivity contribution in [3.63, 3.8) is 0 Å². The summed E-state index contributed by atoms with van der Waals surface area (Å²) in [5.41, 5.74) is 0.860. The Labute approximate surface area is 125 Å². The van der Waals surface area contributed by atoms with Crippen molar-refractivity contribution in [1.82, 2.24) is 0 Å². The molecule has 0 atom stereocenters. The molecule has 2 aromatic carbocycles. The number of carbonyl (C=O) groups is 1. The Morgan fingerprint density at radius 2 is 2.00 bits per heavy atom. The molecule has 0 radical (unpaired) electrons. The fraction of sp³-hybridized carbons (Fsp3) is 0.188. The maximum atomic E-state index is 14.1. The Morgan fingerprint density at radius 1 is 1.25 bits per heavy atom. The highest BCUT2D eigenvalue weighted by molar-refractivity contribution is 9.10. The van der Waals surface area contributed by atoms with E-state index in [1.807, 2.05) is 6.92 Å². The van der Waals surface area contributed by atoms with E-state index in [2.05, 4.69) is 15.9 Å². The summed E-state index contributed by atoms with van der Waals surface area (Å²) < 4.78 is 20.3. The number of hydrogen-bond acceptors (Lipinski definition) is 2. The van der Waals surface area contributed by atoms with Gasteiger partial charge in [-0.15, -0.1) is 0 Å². The number of halogens is 2. The zero-order valence-corrected chi connectivity index (χ0v) is 12.8. The number of ether oxygens (including phenoxy) is 1. The molecule has 0 saturated carbocycles. The molecular formula is C16H14BrFO2. The second kappa shape index (κ2) is 6.18. The molecule has 4 heteroatoms. The highest BCUT2D eigenvalue weighted by Gasteiger charge is 2.19. The standard InChI is InChI=1S/C16H14BrFO2/c1-3-20-14-8-7-11(17)9-13(14)16(19)12-6-4-5-10(2)15(12)18/h4-9H,3H2,1-2H3. The van der Waals surface area contributed by atoms with Crippen molar-refractivity contribution in [3.05, 3.63) is 63.4 Å². The van der Waals surface area contributed by atoms with Crippen LogP contribution in [0.3, 0.4) is 0 Å². The molecule has 2 rings (SSSR count). The van der Waals surface area contributed by atoms with Crippen LogP contribution in [-0.4, -0.2) is 12.4 Å². The normalized spacial score (nSPS) is 10.4. The Bertz CT molecular complexity index is 653. The van der Waals surface area contributed by atoms with Gasteiger partial charge in [0.1, 0.15) is 11.6 Å². The molecule has 0 saturated heterocycles. The molecule has 0 unspecified atom stereocenters. The number of hydrogen-bond donors (Lipinski definition) is 0. The van der Waals surface area contributed by atoms with E-state index in [-0.39, 0.29) is 11.3 Å². The third-order valence-corrected chi connectivity index (χ3v) is 3.42. The number of ketones is 1. The van der Waals surface area contributed by atoms with Gasteiger partial charge in [-0.05, 0) is 43.7 Å². The predicted molar refractivity (Wildman–Crippen MR) is 79.9 cm³/mol. The van der Waals surface area contributed by atoms with Crippen LogP contribution in [0.5, 0.6) is 5.75 Å². The summed E-state index contributed by atoms with van der Waals surface area (Å²) in [5.74, 6) is -0.405. The molecule has 20 heavy (non-hydrogen) atoms. The average molecular weight is 337 g/mol. The van der Waals surface area contributed by atoms with Crippen LogP contribution in [0.4, 0.5) is 4.39 Å². The quantitative estimate of drug-likeness (QED) is 0.767. The predicted octanol–water partition coefficient (Wildman–Crippen LogP) is 4.53. The summed E-state index contributed by atoms with van der Waals surface area (Å²) in [5, 5.41) is 0. The van der Waals surface area contributed by atoms with Gasteiger partial charge in [-0.3, -0.25) is 4.79 Å². The van der Waals surface area contributed by atoms with Crippen LogP contribution >= 0.6 is 15.9 Å². The monoisotopic (exact) mass is 336 g/mol. The van der Waals surface area contributed by atoms with E-state index in [1.165, 1.54) is 6.07 Å². The van der Waals surface area contributed by atoms with Crippen molar-refractivity contribution in [2.24, 2.45) is 0 Å². The van der Waals surface area contributed by atoms with E-state index in [9.17, 15) is 9.18 Å². The number of benzene rings is 2. The molecule has 0 N–H and O–H groups in total. The lowest BCUT2D eigenvalue weighted by Crippen LogP contribution is -2.08. The second-order valence-corrected chi connectivity index (χ2v) is 5.25. The third-order valence-electron chi connectivity index (χ3n) is 2.92. The molecular weight excluding hydrogens is 323 g/mol. The van der Waals surface area contributed by atoms with Crippen molar-refractivity contribution < 1.29 is 13.9 Å². The lowest BCUT2D eigenvalue weighted by Gasteiger charge is -2.11. The van der Waals surface area contributed by atoms with E-state index < -0.39 is 5.82 Å². The van der Waals surface area contributed by atoms with Crippen molar-refractivity contribution in [1.29, 1.82) is 0 Å². The highest BCUT2D eigenvalue weighted by Crippen LogP contribution is 2.27. The first kappa shape index (κ1) is 14.7. The highest BCUT2D eigenvalue weighted by atomic mass is 79.9. The van der Waals surface area contributed by atoms with Gasteiger partial charge < -0.3 is 4.74 Å². The average Bonchev–Trinajstić information content (AvgIpc) is 2.43. The zero-order valence-electron chi connectivity index (χ0n) is 11.2. The summed E-state index contributed by atoms with van der Waals surface area (Å²) in [6, 6.07) is 9.93. The van der Waals surface area contributed by atoms with Gasteiger partial charge in [0, 0.05) is 4.47 Å². The zero-order chi connectivity index (χ0) is 14.7. The molecule has 0 aliphatic carbocycles. The Hall–Kier alpha value is -1.68. The minimum Gasteiger partial charge on any atom is -0.493 e. The van der Waals surface area contributed by atoms with Gasteiger partial charge in [0.15, 0.2) is 5.78 Å². The van der Waals surface area contributed by atoms with E-state index in [4.69, 9.17) is 4.74 Å². The van der Waals surface area contributed by atoms with E-state index in [0.717, 1.165) is 4.47 Å². The van der Waals surface area contributed by atoms with Gasteiger partial charge >= 0.3 is 0 Å². The summed E-state index contributed by atoms with van der Waals surface area (Å²) in [6.45, 7) is 3.91. The Balaban J connectivity index is 2.52. The van der Waals surface area contributed by atoms with Crippen LogP contribution in [-0.2, 0) is 0 Å². The SMILES string of the molecule is CCOc1ccc(Br)cc1C(=O)c1cccc(C)c1F. The number of aryl methyl sites for hydroxylation is 1. The van der Waals surface area contributed by atoms with Crippen molar-refractivity contribution in [2.75, 3.05) is 6.61 Å². The molecule has 0 amide bonds. The topological polar surface area (TPSA) is 26.3 Å². The molecule has 0 aliphatic heterocycles. The maximum Gasteiger partial charge on any atom is 0.199 e. The molecule has 0 spiro atoms. The van der Waals surface area contributed by atoms with Crippen LogP contribution in [0, 0.1) is 12.7 Å². The second-order valence-electron chi connectivity index (χ2n) is 4.34. The van der Waals surface area contributed by atoms with Gasteiger partial charge in [0.25, 0.3) is 0 Å². The van der Waals surface area contributed by atoms with E-state index in [0.29, 0.717) is 23.5 Å². The molecule has 0 aromatic heterocycles. The van der Waals surface area contributed by atoms with Gasteiger partial charge in [-0.25, -0.2) is 4.39 Å². The van der Waals surface area contributed by atoms with Crippen molar-refractivity contribution in [2.45, 2.75) is 13.8 Å². The molecule has 104 valence electrons. The first-order chi connectivity index (χ1) is 9.54. The smallest absolute Gasteiger partial charge is 0.199 e. The summed E-state index contributed by atoms with van der Waals surface area (Å²) in [6.07, 6.45) is 0. The van der Waals surface area contributed by atoms with Crippen LogP contribution in [0.15, 0.2) is 40.9 Å². The molecule has 0 fully saturated rings. The maximum absolute atomic E-state index is 14.1. The fourth-order valence-corrected chi connectivity index (χ4v) is 2.29. The van der Waals surface area contributed by atoms with Gasteiger partial charge in [0.2, 0.25) is 0 Å². The van der Waals surface area contributed by atoms with Crippen LogP contribution in [0.2, 0.25) is 0 Å². The first-order valence-corrected chi connectivity index (χ1v) is 7.06. The third kappa shape index (κ3) is 2.90. The van der Waals surface area contributed by atoms with Gasteiger partial charge in [-0.2, -0.15) is 0 Å². The lowest BCUT2D eigenvalue weighted by atomic mass is 10.00. The molecule has 0 bridgehead atoms. The van der Waals surface area contributed by atoms with Crippen molar-refractivity contribution in [3.8, 4) is 5.75 Å². The van der Waals surface area contributed by atoms with E-state index in [1.54, 1.807) is 37.3 Å². The number of rotatable bonds is 4.